The zero-order valence-electron chi connectivity index (χ0n) is 11.6. The van der Waals surface area contributed by atoms with Gasteiger partial charge in [-0.1, -0.05) is 27.7 Å². The summed E-state index contributed by atoms with van der Waals surface area (Å²) in [7, 11) is -3.11. The highest BCUT2D eigenvalue weighted by Gasteiger charge is 2.22. The van der Waals surface area contributed by atoms with E-state index < -0.39 is 10.0 Å². The molecule has 0 bridgehead atoms. The van der Waals surface area contributed by atoms with Gasteiger partial charge in [-0.25, -0.2) is 12.7 Å². The van der Waals surface area contributed by atoms with Crippen molar-refractivity contribution in [3.05, 3.63) is 0 Å². The lowest BCUT2D eigenvalue weighted by molar-refractivity contribution is 0.362. The van der Waals surface area contributed by atoms with Gasteiger partial charge < -0.3 is 5.73 Å². The summed E-state index contributed by atoms with van der Waals surface area (Å²) in [5.74, 6) is 1.02. The largest absolute Gasteiger partial charge is 0.330 e. The second kappa shape index (κ2) is 8.06. The van der Waals surface area contributed by atoms with E-state index in [-0.39, 0.29) is 5.75 Å². The first-order chi connectivity index (χ1) is 7.79. The SMILES string of the molecule is CC(C)CCS(=O)(=O)N(CCCN)CC(C)C. The monoisotopic (exact) mass is 264 g/mol. The normalized spacial score (nSPS) is 12.9. The summed E-state index contributed by atoms with van der Waals surface area (Å²) in [6.07, 6.45) is 1.45. The summed E-state index contributed by atoms with van der Waals surface area (Å²) < 4.78 is 25.9. The minimum Gasteiger partial charge on any atom is -0.330 e. The van der Waals surface area contributed by atoms with Gasteiger partial charge in [0.25, 0.3) is 0 Å². The average Bonchev–Trinajstić information content (AvgIpc) is 2.21. The van der Waals surface area contributed by atoms with Crippen LogP contribution >= 0.6 is 0 Å². The fraction of sp³-hybridized carbons (Fsp3) is 1.00. The quantitative estimate of drug-likeness (QED) is 0.689. The van der Waals surface area contributed by atoms with Crippen molar-refractivity contribution < 1.29 is 8.42 Å². The zero-order chi connectivity index (χ0) is 13.5. The summed E-state index contributed by atoms with van der Waals surface area (Å²) in [5.41, 5.74) is 5.45. The number of nitrogens with two attached hydrogens (primary N) is 1. The molecule has 0 heterocycles. The first-order valence-corrected chi connectivity index (χ1v) is 8.08. The van der Waals surface area contributed by atoms with Crippen molar-refractivity contribution in [1.29, 1.82) is 0 Å². The van der Waals surface area contributed by atoms with E-state index in [1.165, 1.54) is 0 Å². The molecule has 0 aliphatic rings. The standard InChI is InChI=1S/C12H28N2O2S/c1-11(2)6-9-17(15,16)14(8-5-7-13)10-12(3)4/h11-12H,5-10,13H2,1-4H3. The van der Waals surface area contributed by atoms with Crippen LogP contribution in [0.5, 0.6) is 0 Å². The van der Waals surface area contributed by atoms with Crippen LogP contribution in [0.2, 0.25) is 0 Å². The maximum atomic E-state index is 12.2. The van der Waals surface area contributed by atoms with Gasteiger partial charge >= 0.3 is 0 Å². The van der Waals surface area contributed by atoms with Crippen molar-refractivity contribution in [2.75, 3.05) is 25.4 Å². The maximum absolute atomic E-state index is 12.2. The van der Waals surface area contributed by atoms with Crippen LogP contribution in [-0.2, 0) is 10.0 Å². The second-order valence-electron chi connectivity index (χ2n) is 5.39. The summed E-state index contributed by atoms with van der Waals surface area (Å²) in [5, 5.41) is 0. The fourth-order valence-corrected chi connectivity index (χ4v) is 3.49. The van der Waals surface area contributed by atoms with Crippen LogP contribution in [0, 0.1) is 11.8 Å². The van der Waals surface area contributed by atoms with E-state index in [0.29, 0.717) is 31.5 Å². The van der Waals surface area contributed by atoms with Crippen LogP contribution < -0.4 is 5.73 Å². The van der Waals surface area contributed by atoms with Crippen molar-refractivity contribution in [3.63, 3.8) is 0 Å². The highest BCUT2D eigenvalue weighted by molar-refractivity contribution is 7.89. The van der Waals surface area contributed by atoms with Crippen LogP contribution in [-0.4, -0.2) is 38.1 Å². The molecular formula is C12H28N2O2S. The topological polar surface area (TPSA) is 63.4 Å². The molecule has 2 N–H and O–H groups in total. The van der Waals surface area contributed by atoms with Gasteiger partial charge in [-0.3, -0.25) is 0 Å². The van der Waals surface area contributed by atoms with Crippen LogP contribution in [0.3, 0.4) is 0 Å². The first kappa shape index (κ1) is 16.9. The Morgan fingerprint density at radius 2 is 1.71 bits per heavy atom. The minimum atomic E-state index is -3.11. The molecule has 0 aliphatic heterocycles. The van der Waals surface area contributed by atoms with Gasteiger partial charge in [-0.2, -0.15) is 0 Å². The number of hydrogen-bond donors (Lipinski definition) is 1. The molecule has 0 aromatic heterocycles. The lowest BCUT2D eigenvalue weighted by atomic mass is 10.2. The molecule has 4 nitrogen and oxygen atoms in total. The summed E-state index contributed by atoms with van der Waals surface area (Å²) >= 11 is 0. The second-order valence-corrected chi connectivity index (χ2v) is 7.48. The zero-order valence-corrected chi connectivity index (χ0v) is 12.5. The molecule has 0 radical (unpaired) electrons. The molecule has 0 spiro atoms. The highest BCUT2D eigenvalue weighted by Crippen LogP contribution is 2.11. The Morgan fingerprint density at radius 1 is 1.12 bits per heavy atom. The molecule has 0 rings (SSSR count). The summed E-state index contributed by atoms with van der Waals surface area (Å²) in [4.78, 5) is 0. The van der Waals surface area contributed by atoms with Crippen molar-refractivity contribution in [3.8, 4) is 0 Å². The summed E-state index contributed by atoms with van der Waals surface area (Å²) in [6, 6.07) is 0. The molecule has 0 amide bonds. The molecule has 0 saturated carbocycles. The fourth-order valence-electron chi connectivity index (χ4n) is 1.53. The van der Waals surface area contributed by atoms with Gasteiger partial charge in [0, 0.05) is 13.1 Å². The molecule has 0 fully saturated rings. The molecule has 0 saturated heterocycles. The molecule has 5 heteroatoms. The third-order valence-electron chi connectivity index (χ3n) is 2.53. The van der Waals surface area contributed by atoms with Gasteiger partial charge in [0.15, 0.2) is 0 Å². The molecular weight excluding hydrogens is 236 g/mol. The van der Waals surface area contributed by atoms with Gasteiger partial charge in [0.1, 0.15) is 0 Å². The number of hydrogen-bond acceptors (Lipinski definition) is 3. The van der Waals surface area contributed by atoms with E-state index in [1.54, 1.807) is 4.31 Å². The Kier molecular flexibility index (Phi) is 8.00. The predicted molar refractivity (Wildman–Crippen MR) is 73.3 cm³/mol. The Balaban J connectivity index is 4.52. The van der Waals surface area contributed by atoms with E-state index >= 15 is 0 Å². The molecule has 0 atom stereocenters. The third-order valence-corrected chi connectivity index (χ3v) is 4.40. The Labute approximate surface area is 107 Å². The van der Waals surface area contributed by atoms with Gasteiger partial charge in [-0.15, -0.1) is 0 Å². The molecule has 0 aromatic carbocycles. The van der Waals surface area contributed by atoms with Crippen molar-refractivity contribution in [2.45, 2.75) is 40.5 Å². The van der Waals surface area contributed by atoms with Crippen molar-refractivity contribution >= 4 is 10.0 Å². The van der Waals surface area contributed by atoms with Crippen LogP contribution in [0.4, 0.5) is 0 Å². The van der Waals surface area contributed by atoms with E-state index in [0.717, 1.165) is 12.8 Å². The molecule has 17 heavy (non-hydrogen) atoms. The Bertz CT molecular complexity index is 287. The number of sulfonamides is 1. The average molecular weight is 264 g/mol. The molecule has 104 valence electrons. The number of rotatable bonds is 9. The van der Waals surface area contributed by atoms with E-state index in [1.807, 2.05) is 27.7 Å². The highest BCUT2D eigenvalue weighted by atomic mass is 32.2. The van der Waals surface area contributed by atoms with E-state index in [9.17, 15) is 8.42 Å². The van der Waals surface area contributed by atoms with E-state index in [4.69, 9.17) is 5.73 Å². The van der Waals surface area contributed by atoms with Crippen LogP contribution in [0.1, 0.15) is 40.5 Å². The van der Waals surface area contributed by atoms with E-state index in [2.05, 4.69) is 0 Å². The lowest BCUT2D eigenvalue weighted by Gasteiger charge is -2.24. The number of nitrogens with zero attached hydrogens (tertiary/aromatic N) is 1. The van der Waals surface area contributed by atoms with Crippen molar-refractivity contribution in [1.82, 2.24) is 4.31 Å². The predicted octanol–water partition coefficient (Wildman–Crippen LogP) is 1.67. The maximum Gasteiger partial charge on any atom is 0.214 e. The minimum absolute atomic E-state index is 0.252. The van der Waals surface area contributed by atoms with Crippen LogP contribution in [0.25, 0.3) is 0 Å². The lowest BCUT2D eigenvalue weighted by Crippen LogP contribution is -2.37. The first-order valence-electron chi connectivity index (χ1n) is 6.47. The van der Waals surface area contributed by atoms with Crippen molar-refractivity contribution in [2.24, 2.45) is 17.6 Å². The summed E-state index contributed by atoms with van der Waals surface area (Å²) in [6.45, 7) is 9.84. The Morgan fingerprint density at radius 3 is 2.12 bits per heavy atom. The Hall–Kier alpha value is -0.130. The molecule has 0 aliphatic carbocycles. The third kappa shape index (κ3) is 7.73. The van der Waals surface area contributed by atoms with Gasteiger partial charge in [-0.05, 0) is 31.2 Å². The molecule has 0 unspecified atom stereocenters. The smallest absolute Gasteiger partial charge is 0.214 e. The molecule has 0 aromatic rings. The van der Waals surface area contributed by atoms with Gasteiger partial charge in [0.2, 0.25) is 10.0 Å². The van der Waals surface area contributed by atoms with Crippen LogP contribution in [0.15, 0.2) is 0 Å². The van der Waals surface area contributed by atoms with Gasteiger partial charge in [0.05, 0.1) is 5.75 Å².